The minimum atomic E-state index is -0.479. The lowest BCUT2D eigenvalue weighted by atomic mass is 9.71. The normalized spacial score (nSPS) is 27.8. The van der Waals surface area contributed by atoms with Crippen LogP contribution in [0.25, 0.3) is 0 Å². The Morgan fingerprint density at radius 3 is 2.42 bits per heavy atom. The number of benzene rings is 1. The molecule has 2 rings (SSSR count). The predicted octanol–water partition coefficient (Wildman–Crippen LogP) is 4.42. The molecule has 1 heteroatoms. The van der Waals surface area contributed by atoms with Gasteiger partial charge < -0.3 is 5.11 Å². The summed E-state index contributed by atoms with van der Waals surface area (Å²) in [5.74, 6) is 1.37. The van der Waals surface area contributed by atoms with Crippen LogP contribution in [-0.2, 0) is 6.42 Å². The highest BCUT2D eigenvalue weighted by molar-refractivity contribution is 5.29. The van der Waals surface area contributed by atoms with Gasteiger partial charge in [0.15, 0.2) is 0 Å². The summed E-state index contributed by atoms with van der Waals surface area (Å²) in [5, 5.41) is 10.9. The maximum Gasteiger partial charge on any atom is 0.0690 e. The van der Waals surface area contributed by atoms with Crippen molar-refractivity contribution in [3.8, 4) is 0 Å². The summed E-state index contributed by atoms with van der Waals surface area (Å²) in [6, 6.07) is 6.65. The van der Waals surface area contributed by atoms with Crippen molar-refractivity contribution in [1.82, 2.24) is 0 Å². The lowest BCUT2D eigenvalue weighted by molar-refractivity contribution is -0.0239. The standard InChI is InChI=1S/C18H28O/c1-13(2)17-6-5-7-18(19,12-17)11-16-9-14(3)8-15(4)10-16/h8-10,13,17,19H,5-7,11-12H2,1-4H3. The molecule has 0 amide bonds. The number of rotatable bonds is 3. The number of hydrogen-bond donors (Lipinski definition) is 1. The molecule has 0 aromatic heterocycles. The molecule has 0 saturated heterocycles. The first kappa shape index (κ1) is 14.6. The van der Waals surface area contributed by atoms with Crippen LogP contribution in [0.1, 0.15) is 56.2 Å². The minimum absolute atomic E-state index is 0.479. The van der Waals surface area contributed by atoms with Gasteiger partial charge in [-0.2, -0.15) is 0 Å². The molecular formula is C18H28O. The van der Waals surface area contributed by atoms with E-state index in [2.05, 4.69) is 45.9 Å². The Labute approximate surface area is 118 Å². The molecule has 1 aromatic rings. The first-order chi connectivity index (χ1) is 8.88. The first-order valence-corrected chi connectivity index (χ1v) is 7.67. The smallest absolute Gasteiger partial charge is 0.0690 e. The maximum absolute atomic E-state index is 10.9. The monoisotopic (exact) mass is 260 g/mol. The van der Waals surface area contributed by atoms with Crippen LogP contribution >= 0.6 is 0 Å². The van der Waals surface area contributed by atoms with Crippen LogP contribution in [-0.4, -0.2) is 10.7 Å². The molecule has 106 valence electrons. The van der Waals surface area contributed by atoms with Gasteiger partial charge in [0, 0.05) is 6.42 Å². The van der Waals surface area contributed by atoms with E-state index in [0.717, 1.165) is 19.3 Å². The Hall–Kier alpha value is -0.820. The van der Waals surface area contributed by atoms with Gasteiger partial charge in [0.25, 0.3) is 0 Å². The molecule has 2 unspecified atom stereocenters. The van der Waals surface area contributed by atoms with Gasteiger partial charge in [-0.15, -0.1) is 0 Å². The average molecular weight is 260 g/mol. The van der Waals surface area contributed by atoms with Crippen molar-refractivity contribution in [1.29, 1.82) is 0 Å². The average Bonchev–Trinajstić information content (AvgIpc) is 2.26. The third kappa shape index (κ3) is 3.82. The highest BCUT2D eigenvalue weighted by Gasteiger charge is 2.35. The second kappa shape index (κ2) is 5.66. The SMILES string of the molecule is Cc1cc(C)cc(CC2(O)CCCC(C(C)C)C2)c1. The van der Waals surface area contributed by atoms with Crippen molar-refractivity contribution >= 4 is 0 Å². The molecule has 1 nitrogen and oxygen atoms in total. The van der Waals surface area contributed by atoms with Crippen LogP contribution in [0.2, 0.25) is 0 Å². The third-order valence-corrected chi connectivity index (χ3v) is 4.62. The fraction of sp³-hybridized carbons (Fsp3) is 0.667. The van der Waals surface area contributed by atoms with E-state index >= 15 is 0 Å². The lowest BCUT2D eigenvalue weighted by Gasteiger charge is -2.39. The molecule has 0 radical (unpaired) electrons. The molecule has 0 bridgehead atoms. The highest BCUT2D eigenvalue weighted by atomic mass is 16.3. The van der Waals surface area contributed by atoms with Gasteiger partial charge in [0.05, 0.1) is 5.60 Å². The van der Waals surface area contributed by atoms with Gasteiger partial charge in [-0.25, -0.2) is 0 Å². The molecule has 1 N–H and O–H groups in total. The molecule has 0 aliphatic heterocycles. The molecular weight excluding hydrogens is 232 g/mol. The Kier molecular flexibility index (Phi) is 4.35. The highest BCUT2D eigenvalue weighted by Crippen LogP contribution is 2.38. The van der Waals surface area contributed by atoms with Crippen LogP contribution in [0.4, 0.5) is 0 Å². The molecule has 0 spiro atoms. The topological polar surface area (TPSA) is 20.2 Å². The summed E-state index contributed by atoms with van der Waals surface area (Å²) in [6.07, 6.45) is 5.20. The van der Waals surface area contributed by atoms with Crippen LogP contribution in [0, 0.1) is 25.7 Å². The molecule has 1 aromatic carbocycles. The van der Waals surface area contributed by atoms with Crippen LogP contribution in [0.5, 0.6) is 0 Å². The quantitative estimate of drug-likeness (QED) is 0.852. The van der Waals surface area contributed by atoms with E-state index in [-0.39, 0.29) is 0 Å². The molecule has 2 atom stereocenters. The summed E-state index contributed by atoms with van der Waals surface area (Å²) in [4.78, 5) is 0. The van der Waals surface area contributed by atoms with Crippen molar-refractivity contribution in [2.75, 3.05) is 0 Å². The van der Waals surface area contributed by atoms with Crippen molar-refractivity contribution in [2.24, 2.45) is 11.8 Å². The summed E-state index contributed by atoms with van der Waals surface area (Å²) < 4.78 is 0. The zero-order chi connectivity index (χ0) is 14.0. The Balaban J connectivity index is 2.12. The zero-order valence-corrected chi connectivity index (χ0v) is 12.9. The Bertz CT molecular complexity index is 415. The van der Waals surface area contributed by atoms with Gasteiger partial charge in [-0.3, -0.25) is 0 Å². The fourth-order valence-corrected chi connectivity index (χ4v) is 3.67. The Morgan fingerprint density at radius 1 is 1.21 bits per heavy atom. The molecule has 1 fully saturated rings. The van der Waals surface area contributed by atoms with Gasteiger partial charge in [0.2, 0.25) is 0 Å². The van der Waals surface area contributed by atoms with Crippen LogP contribution in [0.3, 0.4) is 0 Å². The number of hydrogen-bond acceptors (Lipinski definition) is 1. The van der Waals surface area contributed by atoms with E-state index < -0.39 is 5.60 Å². The van der Waals surface area contributed by atoms with E-state index in [1.807, 2.05) is 0 Å². The second-order valence-electron chi connectivity index (χ2n) is 7.00. The molecule has 19 heavy (non-hydrogen) atoms. The second-order valence-corrected chi connectivity index (χ2v) is 7.00. The van der Waals surface area contributed by atoms with Crippen LogP contribution in [0.15, 0.2) is 18.2 Å². The summed E-state index contributed by atoms with van der Waals surface area (Å²) in [6.45, 7) is 8.84. The van der Waals surface area contributed by atoms with Crippen molar-refractivity contribution in [3.63, 3.8) is 0 Å². The van der Waals surface area contributed by atoms with E-state index in [9.17, 15) is 5.11 Å². The number of aliphatic hydroxyl groups is 1. The molecule has 1 aliphatic rings. The first-order valence-electron chi connectivity index (χ1n) is 7.67. The van der Waals surface area contributed by atoms with E-state index in [1.54, 1.807) is 0 Å². The van der Waals surface area contributed by atoms with Gasteiger partial charge in [0.1, 0.15) is 0 Å². The summed E-state index contributed by atoms with van der Waals surface area (Å²) >= 11 is 0. The lowest BCUT2D eigenvalue weighted by Crippen LogP contribution is -2.38. The van der Waals surface area contributed by atoms with Gasteiger partial charge in [-0.1, -0.05) is 49.6 Å². The largest absolute Gasteiger partial charge is 0.390 e. The minimum Gasteiger partial charge on any atom is -0.390 e. The fourth-order valence-electron chi connectivity index (χ4n) is 3.67. The van der Waals surface area contributed by atoms with E-state index in [1.165, 1.54) is 29.5 Å². The predicted molar refractivity (Wildman–Crippen MR) is 81.4 cm³/mol. The van der Waals surface area contributed by atoms with Crippen molar-refractivity contribution in [3.05, 3.63) is 34.9 Å². The van der Waals surface area contributed by atoms with Gasteiger partial charge >= 0.3 is 0 Å². The Morgan fingerprint density at radius 2 is 1.84 bits per heavy atom. The van der Waals surface area contributed by atoms with Crippen molar-refractivity contribution in [2.45, 2.75) is 65.4 Å². The van der Waals surface area contributed by atoms with Gasteiger partial charge in [-0.05, 0) is 50.5 Å². The summed E-state index contributed by atoms with van der Waals surface area (Å²) in [5.41, 5.74) is 3.42. The van der Waals surface area contributed by atoms with Crippen molar-refractivity contribution < 1.29 is 5.11 Å². The molecule has 1 saturated carbocycles. The third-order valence-electron chi connectivity index (χ3n) is 4.62. The van der Waals surface area contributed by atoms with E-state index in [4.69, 9.17) is 0 Å². The summed E-state index contributed by atoms with van der Waals surface area (Å²) in [7, 11) is 0. The van der Waals surface area contributed by atoms with Crippen LogP contribution < -0.4 is 0 Å². The number of aryl methyl sites for hydroxylation is 2. The zero-order valence-electron chi connectivity index (χ0n) is 12.9. The maximum atomic E-state index is 10.9. The molecule has 1 aliphatic carbocycles. The molecule has 0 heterocycles. The van der Waals surface area contributed by atoms with E-state index in [0.29, 0.717) is 11.8 Å².